The maximum Gasteiger partial charge on any atom is 0.242 e. The number of amides is 1. The van der Waals surface area contributed by atoms with Crippen LogP contribution in [0.2, 0.25) is 0 Å². The van der Waals surface area contributed by atoms with E-state index in [1.165, 1.54) is 0 Å². The lowest BCUT2D eigenvalue weighted by Gasteiger charge is -2.32. The van der Waals surface area contributed by atoms with Crippen LogP contribution in [0.25, 0.3) is 22.1 Å². The van der Waals surface area contributed by atoms with Gasteiger partial charge in [-0.05, 0) is 24.3 Å². The molecule has 1 saturated heterocycles. The zero-order chi connectivity index (χ0) is 19.6. The number of carbonyl (C=O) groups is 1. The molecule has 0 unspecified atom stereocenters. The van der Waals surface area contributed by atoms with Crippen molar-refractivity contribution in [2.24, 2.45) is 0 Å². The predicted molar refractivity (Wildman–Crippen MR) is 110 cm³/mol. The molecule has 2 aromatic carbocycles. The SMILES string of the molecule is O=C(Cn1cnc2ccccc21)N1CCC(Oc2cnc3ccccc3n2)CC1. The van der Waals surface area contributed by atoms with Gasteiger partial charge in [-0.1, -0.05) is 24.3 Å². The number of fused-ring (bicyclic) bond motifs is 2. The molecule has 5 rings (SSSR count). The quantitative estimate of drug-likeness (QED) is 0.538. The van der Waals surface area contributed by atoms with Crippen LogP contribution in [0.5, 0.6) is 5.88 Å². The lowest BCUT2D eigenvalue weighted by atomic mass is 10.1. The average Bonchev–Trinajstić information content (AvgIpc) is 3.17. The van der Waals surface area contributed by atoms with Gasteiger partial charge in [0.15, 0.2) is 0 Å². The van der Waals surface area contributed by atoms with Gasteiger partial charge in [0.2, 0.25) is 11.8 Å². The van der Waals surface area contributed by atoms with E-state index in [-0.39, 0.29) is 12.0 Å². The Kier molecular flexibility index (Phi) is 4.56. The molecular weight excluding hydrogens is 366 g/mol. The van der Waals surface area contributed by atoms with Gasteiger partial charge in [0, 0.05) is 25.9 Å². The molecule has 0 spiro atoms. The normalized spacial score (nSPS) is 15.1. The van der Waals surface area contributed by atoms with E-state index >= 15 is 0 Å². The van der Waals surface area contributed by atoms with Crippen molar-refractivity contribution >= 4 is 28.0 Å². The molecule has 0 atom stereocenters. The molecule has 1 aliphatic heterocycles. The molecule has 7 nitrogen and oxygen atoms in total. The van der Waals surface area contributed by atoms with Crippen LogP contribution in [-0.2, 0) is 11.3 Å². The lowest BCUT2D eigenvalue weighted by Crippen LogP contribution is -2.43. The third kappa shape index (κ3) is 3.63. The number of carbonyl (C=O) groups excluding carboxylic acids is 1. The van der Waals surface area contributed by atoms with Crippen molar-refractivity contribution in [3.05, 3.63) is 61.1 Å². The van der Waals surface area contributed by atoms with E-state index in [0.717, 1.165) is 34.9 Å². The van der Waals surface area contributed by atoms with Gasteiger partial charge >= 0.3 is 0 Å². The molecule has 0 N–H and O–H groups in total. The standard InChI is InChI=1S/C22H21N5O2/c28-22(14-27-15-24-19-7-3-4-8-20(19)27)26-11-9-16(10-12-26)29-21-13-23-17-5-1-2-6-18(17)25-21/h1-8,13,15-16H,9-12,14H2. The number of nitrogens with zero attached hydrogens (tertiary/aromatic N) is 5. The summed E-state index contributed by atoms with van der Waals surface area (Å²) < 4.78 is 7.94. The number of rotatable bonds is 4. The summed E-state index contributed by atoms with van der Waals surface area (Å²) in [7, 11) is 0. The van der Waals surface area contributed by atoms with Crippen molar-refractivity contribution in [2.45, 2.75) is 25.5 Å². The zero-order valence-electron chi connectivity index (χ0n) is 15.9. The highest BCUT2D eigenvalue weighted by atomic mass is 16.5. The minimum absolute atomic E-state index is 0.0450. The highest BCUT2D eigenvalue weighted by Crippen LogP contribution is 2.20. The van der Waals surface area contributed by atoms with E-state index in [1.54, 1.807) is 12.5 Å². The fraction of sp³-hybridized carbons (Fsp3) is 0.273. The number of hydrogen-bond acceptors (Lipinski definition) is 5. The molecule has 4 aromatic rings. The minimum Gasteiger partial charge on any atom is -0.473 e. The van der Waals surface area contributed by atoms with Gasteiger partial charge in [-0.25, -0.2) is 15.0 Å². The zero-order valence-corrected chi connectivity index (χ0v) is 15.9. The van der Waals surface area contributed by atoms with Crippen molar-refractivity contribution in [3.63, 3.8) is 0 Å². The number of aromatic nitrogens is 4. The Hall–Kier alpha value is -3.48. The summed E-state index contributed by atoms with van der Waals surface area (Å²) in [5.41, 5.74) is 3.57. The molecule has 2 aromatic heterocycles. The second-order valence-electron chi connectivity index (χ2n) is 7.26. The second-order valence-corrected chi connectivity index (χ2v) is 7.26. The van der Waals surface area contributed by atoms with Gasteiger partial charge in [-0.15, -0.1) is 0 Å². The van der Waals surface area contributed by atoms with Gasteiger partial charge in [0.05, 0.1) is 34.6 Å². The highest BCUT2D eigenvalue weighted by molar-refractivity contribution is 5.80. The maximum absolute atomic E-state index is 12.7. The molecule has 0 saturated carbocycles. The fourth-order valence-corrected chi connectivity index (χ4v) is 3.77. The van der Waals surface area contributed by atoms with E-state index < -0.39 is 0 Å². The summed E-state index contributed by atoms with van der Waals surface area (Å²) in [6.45, 7) is 1.66. The summed E-state index contributed by atoms with van der Waals surface area (Å²) >= 11 is 0. The van der Waals surface area contributed by atoms with Crippen LogP contribution in [0, 0.1) is 0 Å². The van der Waals surface area contributed by atoms with Crippen molar-refractivity contribution in [2.75, 3.05) is 13.1 Å². The van der Waals surface area contributed by atoms with Crippen molar-refractivity contribution in [1.82, 2.24) is 24.4 Å². The monoisotopic (exact) mass is 387 g/mol. The second kappa shape index (κ2) is 7.50. The Balaban J connectivity index is 1.19. The van der Waals surface area contributed by atoms with Gasteiger partial charge in [0.1, 0.15) is 12.6 Å². The van der Waals surface area contributed by atoms with Crippen LogP contribution in [0.4, 0.5) is 0 Å². The Morgan fingerprint density at radius 1 is 0.966 bits per heavy atom. The predicted octanol–water partition coefficient (Wildman–Crippen LogP) is 3.05. The largest absolute Gasteiger partial charge is 0.473 e. The average molecular weight is 387 g/mol. The molecular formula is C22H21N5O2. The van der Waals surface area contributed by atoms with Crippen LogP contribution < -0.4 is 4.74 Å². The maximum atomic E-state index is 12.7. The van der Waals surface area contributed by atoms with Crippen molar-refractivity contribution < 1.29 is 9.53 Å². The summed E-state index contributed by atoms with van der Waals surface area (Å²) in [5, 5.41) is 0. The van der Waals surface area contributed by atoms with Crippen LogP contribution >= 0.6 is 0 Å². The number of piperidine rings is 1. The van der Waals surface area contributed by atoms with E-state index in [9.17, 15) is 4.79 Å². The molecule has 0 bridgehead atoms. The number of imidazole rings is 1. The van der Waals surface area contributed by atoms with Gasteiger partial charge in [-0.3, -0.25) is 4.79 Å². The number of likely N-dealkylation sites (tertiary alicyclic amines) is 1. The summed E-state index contributed by atoms with van der Waals surface area (Å²) in [6, 6.07) is 15.6. The first-order chi connectivity index (χ1) is 14.3. The number of hydrogen-bond donors (Lipinski definition) is 0. The molecule has 29 heavy (non-hydrogen) atoms. The first-order valence-electron chi connectivity index (χ1n) is 9.82. The Labute approximate surface area is 168 Å². The van der Waals surface area contributed by atoms with E-state index in [2.05, 4.69) is 15.0 Å². The Bertz CT molecular complexity index is 1160. The Morgan fingerprint density at radius 2 is 1.69 bits per heavy atom. The molecule has 0 aliphatic carbocycles. The minimum atomic E-state index is 0.0450. The lowest BCUT2D eigenvalue weighted by molar-refractivity contribution is -0.133. The molecule has 7 heteroatoms. The van der Waals surface area contributed by atoms with Crippen LogP contribution in [0.3, 0.4) is 0 Å². The molecule has 1 amide bonds. The van der Waals surface area contributed by atoms with Crippen LogP contribution in [0.15, 0.2) is 61.1 Å². The Morgan fingerprint density at radius 3 is 2.52 bits per heavy atom. The number of para-hydroxylation sites is 4. The summed E-state index contributed by atoms with van der Waals surface area (Å²) in [6.07, 6.45) is 5.01. The molecule has 146 valence electrons. The van der Waals surface area contributed by atoms with E-state index in [0.29, 0.717) is 25.5 Å². The van der Waals surface area contributed by atoms with Crippen LogP contribution in [-0.4, -0.2) is 49.5 Å². The third-order valence-corrected chi connectivity index (χ3v) is 5.34. The molecule has 1 aliphatic rings. The topological polar surface area (TPSA) is 73.1 Å². The molecule has 0 radical (unpaired) electrons. The van der Waals surface area contributed by atoms with Gasteiger partial charge in [-0.2, -0.15) is 0 Å². The first kappa shape index (κ1) is 17.6. The van der Waals surface area contributed by atoms with Gasteiger partial charge < -0.3 is 14.2 Å². The van der Waals surface area contributed by atoms with Gasteiger partial charge in [0.25, 0.3) is 0 Å². The number of benzene rings is 2. The number of ether oxygens (including phenoxy) is 1. The van der Waals surface area contributed by atoms with Crippen LogP contribution in [0.1, 0.15) is 12.8 Å². The third-order valence-electron chi connectivity index (χ3n) is 5.34. The van der Waals surface area contributed by atoms with Crippen molar-refractivity contribution in [3.8, 4) is 5.88 Å². The summed E-state index contributed by atoms with van der Waals surface area (Å²) in [5.74, 6) is 0.649. The molecule has 1 fully saturated rings. The van der Waals surface area contributed by atoms with E-state index in [1.807, 2.05) is 58.0 Å². The summed E-state index contributed by atoms with van der Waals surface area (Å²) in [4.78, 5) is 27.9. The molecule has 3 heterocycles. The first-order valence-corrected chi connectivity index (χ1v) is 9.82. The van der Waals surface area contributed by atoms with Crippen molar-refractivity contribution in [1.29, 1.82) is 0 Å². The van der Waals surface area contributed by atoms with E-state index in [4.69, 9.17) is 4.74 Å². The fourth-order valence-electron chi connectivity index (χ4n) is 3.77. The highest BCUT2D eigenvalue weighted by Gasteiger charge is 2.24. The smallest absolute Gasteiger partial charge is 0.242 e.